The van der Waals surface area contributed by atoms with Gasteiger partial charge in [-0.2, -0.15) is 0 Å². The van der Waals surface area contributed by atoms with E-state index in [9.17, 15) is 0 Å². The second-order valence-electron chi connectivity index (χ2n) is 5.79. The van der Waals surface area contributed by atoms with Crippen molar-refractivity contribution in [2.45, 2.75) is 26.8 Å². The van der Waals surface area contributed by atoms with Crippen molar-refractivity contribution < 1.29 is 9.47 Å². The Labute approximate surface area is 149 Å². The van der Waals surface area contributed by atoms with E-state index in [0.29, 0.717) is 11.7 Å². The van der Waals surface area contributed by atoms with E-state index in [1.165, 1.54) is 11.1 Å². The lowest BCUT2D eigenvalue weighted by molar-refractivity contribution is 0.287. The molecule has 0 saturated heterocycles. The lowest BCUT2D eigenvalue weighted by atomic mass is 10.1. The van der Waals surface area contributed by atoms with Crippen molar-refractivity contribution in [1.82, 2.24) is 5.32 Å². The number of hydrogen-bond donors (Lipinski definition) is 2. The topological polar surface area (TPSA) is 42.5 Å². The Morgan fingerprint density at radius 3 is 2.58 bits per heavy atom. The predicted molar refractivity (Wildman–Crippen MR) is 103 cm³/mol. The molecule has 5 heteroatoms. The molecule has 0 unspecified atom stereocenters. The molecule has 128 valence electrons. The summed E-state index contributed by atoms with van der Waals surface area (Å²) in [5, 5.41) is 6.92. The Bertz CT molecular complexity index is 704. The van der Waals surface area contributed by atoms with Gasteiger partial charge >= 0.3 is 0 Å². The molecule has 1 atom stereocenters. The van der Waals surface area contributed by atoms with Crippen LogP contribution in [0.5, 0.6) is 11.5 Å². The number of benzene rings is 2. The second kappa shape index (κ2) is 8.55. The maximum Gasteiger partial charge on any atom is 0.171 e. The second-order valence-corrected chi connectivity index (χ2v) is 6.20. The van der Waals surface area contributed by atoms with E-state index < -0.39 is 0 Å². The molecular formula is C19H24N2O2S. The smallest absolute Gasteiger partial charge is 0.171 e. The van der Waals surface area contributed by atoms with Gasteiger partial charge in [-0.1, -0.05) is 12.1 Å². The number of ether oxygens (including phenoxy) is 2. The molecule has 0 saturated carbocycles. The van der Waals surface area contributed by atoms with Crippen LogP contribution in [0.1, 0.15) is 18.1 Å². The van der Waals surface area contributed by atoms with Crippen molar-refractivity contribution in [3.8, 4) is 11.5 Å². The van der Waals surface area contributed by atoms with Crippen LogP contribution in [-0.2, 0) is 0 Å². The van der Waals surface area contributed by atoms with Crippen LogP contribution in [0.4, 0.5) is 5.69 Å². The van der Waals surface area contributed by atoms with Crippen molar-refractivity contribution in [2.24, 2.45) is 0 Å². The highest BCUT2D eigenvalue weighted by atomic mass is 32.1. The molecule has 0 aliphatic heterocycles. The van der Waals surface area contributed by atoms with Crippen LogP contribution in [0, 0.1) is 13.8 Å². The van der Waals surface area contributed by atoms with E-state index in [-0.39, 0.29) is 6.04 Å². The first-order valence-electron chi connectivity index (χ1n) is 7.89. The molecule has 2 aromatic rings. The Kier molecular flexibility index (Phi) is 6.44. The van der Waals surface area contributed by atoms with Gasteiger partial charge in [-0.05, 0) is 68.4 Å². The van der Waals surface area contributed by atoms with E-state index in [1.807, 2.05) is 37.3 Å². The van der Waals surface area contributed by atoms with Crippen molar-refractivity contribution in [3.05, 3.63) is 53.6 Å². The molecule has 0 amide bonds. The van der Waals surface area contributed by atoms with Crippen molar-refractivity contribution in [3.63, 3.8) is 0 Å². The zero-order valence-corrected chi connectivity index (χ0v) is 15.4. The molecule has 4 nitrogen and oxygen atoms in total. The minimum Gasteiger partial charge on any atom is -0.497 e. The predicted octanol–water partition coefficient (Wildman–Crippen LogP) is 4.07. The standard InChI is InChI=1S/C19H24N2O2S/c1-13-8-9-18(10-14(13)2)23-12-15(3)20-19(24)21-16-6-5-7-17(11-16)22-4/h5-11,15H,12H2,1-4H3,(H2,20,21,24)/t15-/m1/s1. The van der Waals surface area contributed by atoms with Crippen LogP contribution in [0.15, 0.2) is 42.5 Å². The number of nitrogens with one attached hydrogen (secondary N) is 2. The summed E-state index contributed by atoms with van der Waals surface area (Å²) in [5.41, 5.74) is 3.37. The van der Waals surface area contributed by atoms with E-state index in [1.54, 1.807) is 7.11 Å². The van der Waals surface area contributed by atoms with Crippen LogP contribution < -0.4 is 20.1 Å². The van der Waals surface area contributed by atoms with Crippen molar-refractivity contribution in [1.29, 1.82) is 0 Å². The number of thiocarbonyl (C=S) groups is 1. The number of aryl methyl sites for hydroxylation is 2. The number of methoxy groups -OCH3 is 1. The monoisotopic (exact) mass is 344 g/mol. The summed E-state index contributed by atoms with van der Waals surface area (Å²) in [7, 11) is 1.64. The third kappa shape index (κ3) is 5.42. The lowest BCUT2D eigenvalue weighted by Crippen LogP contribution is -2.39. The molecule has 2 aromatic carbocycles. The lowest BCUT2D eigenvalue weighted by Gasteiger charge is -2.18. The molecule has 0 spiro atoms. The van der Waals surface area contributed by atoms with Gasteiger partial charge in [0.1, 0.15) is 18.1 Å². The van der Waals surface area contributed by atoms with Gasteiger partial charge in [0.2, 0.25) is 0 Å². The molecule has 0 radical (unpaired) electrons. The van der Waals surface area contributed by atoms with E-state index in [0.717, 1.165) is 17.2 Å². The summed E-state index contributed by atoms with van der Waals surface area (Å²) in [6, 6.07) is 13.8. The maximum absolute atomic E-state index is 5.82. The van der Waals surface area contributed by atoms with Gasteiger partial charge in [-0.3, -0.25) is 0 Å². The molecule has 2 rings (SSSR count). The number of rotatable bonds is 6. The van der Waals surface area contributed by atoms with Gasteiger partial charge in [0, 0.05) is 11.8 Å². The molecule has 0 bridgehead atoms. The Morgan fingerprint density at radius 2 is 1.88 bits per heavy atom. The van der Waals surface area contributed by atoms with Crippen LogP contribution in [0.25, 0.3) is 0 Å². The molecule has 2 N–H and O–H groups in total. The van der Waals surface area contributed by atoms with Gasteiger partial charge < -0.3 is 20.1 Å². The molecule has 0 heterocycles. The van der Waals surface area contributed by atoms with Crippen molar-refractivity contribution in [2.75, 3.05) is 19.0 Å². The maximum atomic E-state index is 5.82. The summed E-state index contributed by atoms with van der Waals surface area (Å²) in [4.78, 5) is 0. The first-order chi connectivity index (χ1) is 11.5. The SMILES string of the molecule is COc1cccc(NC(=S)N[C@H](C)COc2ccc(C)c(C)c2)c1. The van der Waals surface area contributed by atoms with Gasteiger partial charge in [0.05, 0.1) is 13.2 Å². The van der Waals surface area contributed by atoms with E-state index >= 15 is 0 Å². The molecule has 0 aliphatic carbocycles. The third-order valence-corrected chi connectivity index (χ3v) is 3.90. The zero-order chi connectivity index (χ0) is 17.5. The number of hydrogen-bond acceptors (Lipinski definition) is 3. The number of anilines is 1. The van der Waals surface area contributed by atoms with Gasteiger partial charge in [-0.15, -0.1) is 0 Å². The van der Waals surface area contributed by atoms with Gasteiger partial charge in [0.15, 0.2) is 5.11 Å². The fraction of sp³-hybridized carbons (Fsp3) is 0.316. The molecular weight excluding hydrogens is 320 g/mol. The highest BCUT2D eigenvalue weighted by Gasteiger charge is 2.07. The van der Waals surface area contributed by atoms with Gasteiger partial charge in [0.25, 0.3) is 0 Å². The average Bonchev–Trinajstić information content (AvgIpc) is 2.56. The molecule has 24 heavy (non-hydrogen) atoms. The molecule has 0 aromatic heterocycles. The Hall–Kier alpha value is -2.27. The summed E-state index contributed by atoms with van der Waals surface area (Å²) < 4.78 is 11.0. The summed E-state index contributed by atoms with van der Waals surface area (Å²) in [6.07, 6.45) is 0. The van der Waals surface area contributed by atoms with Crippen LogP contribution >= 0.6 is 12.2 Å². The third-order valence-electron chi connectivity index (χ3n) is 3.68. The van der Waals surface area contributed by atoms with Crippen LogP contribution in [0.2, 0.25) is 0 Å². The largest absolute Gasteiger partial charge is 0.497 e. The normalized spacial score (nSPS) is 11.5. The van der Waals surface area contributed by atoms with Crippen molar-refractivity contribution >= 4 is 23.0 Å². The summed E-state index contributed by atoms with van der Waals surface area (Å²) in [6.45, 7) is 6.73. The molecule has 0 aliphatic rings. The van der Waals surface area contributed by atoms with Crippen LogP contribution in [-0.4, -0.2) is 24.9 Å². The zero-order valence-electron chi connectivity index (χ0n) is 14.6. The Morgan fingerprint density at radius 1 is 1.08 bits per heavy atom. The van der Waals surface area contributed by atoms with E-state index in [2.05, 4.69) is 36.6 Å². The first-order valence-corrected chi connectivity index (χ1v) is 8.30. The minimum atomic E-state index is 0.0808. The van der Waals surface area contributed by atoms with Gasteiger partial charge in [-0.25, -0.2) is 0 Å². The first kappa shape index (κ1) is 18.1. The minimum absolute atomic E-state index is 0.0808. The quantitative estimate of drug-likeness (QED) is 0.774. The highest BCUT2D eigenvalue weighted by Crippen LogP contribution is 2.17. The van der Waals surface area contributed by atoms with E-state index in [4.69, 9.17) is 21.7 Å². The fourth-order valence-corrected chi connectivity index (χ4v) is 2.48. The summed E-state index contributed by atoms with van der Waals surface area (Å²) >= 11 is 5.34. The summed E-state index contributed by atoms with van der Waals surface area (Å²) in [5.74, 6) is 1.66. The fourth-order valence-electron chi connectivity index (χ4n) is 2.16. The Balaban J connectivity index is 1.81. The highest BCUT2D eigenvalue weighted by molar-refractivity contribution is 7.80. The molecule has 0 fully saturated rings. The van der Waals surface area contributed by atoms with Crippen LogP contribution in [0.3, 0.4) is 0 Å². The average molecular weight is 344 g/mol.